The minimum atomic E-state index is -0.0849. The number of nitrogens with two attached hydrogens (primary N) is 1. The molecule has 0 aromatic rings. The summed E-state index contributed by atoms with van der Waals surface area (Å²) in [5.74, 6) is 2.76. The highest BCUT2D eigenvalue weighted by molar-refractivity contribution is 5.87. The number of carbonyl (C=O) groups is 1. The number of hydrogen-bond donors (Lipinski definition) is 2. The maximum absolute atomic E-state index is 12.7. The quantitative estimate of drug-likeness (QED) is 0.536. The lowest BCUT2D eigenvalue weighted by Gasteiger charge is -2.59. The standard InChI is InChI=1S/C25H38N2O2/c1-15-13-16-14-17(27-29-21-6-4-5-20(21)26)9-11-24(16,2)19-10-12-25(3)18(23(15)19)7-8-22(25)28/h14,16,18-21,23,27H,1,4-13,26H2,2-3H3/t16?,18-,19-,20?,21?,23-,24-,25-/m0/s1. The molecule has 5 aliphatic rings. The summed E-state index contributed by atoms with van der Waals surface area (Å²) in [5.41, 5.74) is 12.3. The van der Waals surface area contributed by atoms with Crippen molar-refractivity contribution >= 4 is 5.78 Å². The number of fused-ring (bicyclic) bond motifs is 5. The van der Waals surface area contributed by atoms with Crippen LogP contribution in [0.3, 0.4) is 0 Å². The monoisotopic (exact) mass is 398 g/mol. The highest BCUT2D eigenvalue weighted by Gasteiger charge is 2.60. The van der Waals surface area contributed by atoms with Crippen molar-refractivity contribution in [1.82, 2.24) is 5.48 Å². The molecule has 0 heterocycles. The van der Waals surface area contributed by atoms with E-state index in [1.807, 2.05) is 0 Å². The molecule has 0 radical (unpaired) electrons. The van der Waals surface area contributed by atoms with Gasteiger partial charge in [0.25, 0.3) is 0 Å². The molecule has 4 fully saturated rings. The van der Waals surface area contributed by atoms with E-state index in [4.69, 9.17) is 10.6 Å². The maximum Gasteiger partial charge on any atom is 0.139 e. The van der Waals surface area contributed by atoms with Gasteiger partial charge in [-0.05, 0) is 86.9 Å². The van der Waals surface area contributed by atoms with Crippen LogP contribution in [0.4, 0.5) is 0 Å². The van der Waals surface area contributed by atoms with Crippen molar-refractivity contribution in [3.63, 3.8) is 0 Å². The Morgan fingerprint density at radius 3 is 2.72 bits per heavy atom. The summed E-state index contributed by atoms with van der Waals surface area (Å²) in [5, 5.41) is 0. The summed E-state index contributed by atoms with van der Waals surface area (Å²) >= 11 is 0. The van der Waals surface area contributed by atoms with Crippen LogP contribution in [0.25, 0.3) is 0 Å². The van der Waals surface area contributed by atoms with Crippen LogP contribution in [0.5, 0.6) is 0 Å². The van der Waals surface area contributed by atoms with Gasteiger partial charge in [-0.1, -0.05) is 32.1 Å². The molecule has 0 spiro atoms. The molecule has 5 aliphatic carbocycles. The van der Waals surface area contributed by atoms with Gasteiger partial charge in [0.15, 0.2) is 0 Å². The summed E-state index contributed by atoms with van der Waals surface area (Å²) in [6.45, 7) is 9.34. The molecule has 29 heavy (non-hydrogen) atoms. The van der Waals surface area contributed by atoms with Crippen molar-refractivity contribution in [1.29, 1.82) is 0 Å². The lowest BCUT2D eigenvalue weighted by molar-refractivity contribution is -0.132. The van der Waals surface area contributed by atoms with Gasteiger partial charge < -0.3 is 5.73 Å². The van der Waals surface area contributed by atoms with Crippen LogP contribution < -0.4 is 11.2 Å². The summed E-state index contributed by atoms with van der Waals surface area (Å²) in [7, 11) is 0. The summed E-state index contributed by atoms with van der Waals surface area (Å²) in [4.78, 5) is 18.6. The molecule has 3 unspecified atom stereocenters. The Balaban J connectivity index is 1.34. The van der Waals surface area contributed by atoms with E-state index in [9.17, 15) is 4.79 Å². The van der Waals surface area contributed by atoms with Gasteiger partial charge in [-0.15, -0.1) is 0 Å². The Morgan fingerprint density at radius 1 is 1.14 bits per heavy atom. The van der Waals surface area contributed by atoms with Crippen molar-refractivity contribution in [2.45, 2.75) is 90.2 Å². The first-order chi connectivity index (χ1) is 13.8. The molecule has 160 valence electrons. The fraction of sp³-hybridized carbons (Fsp3) is 0.800. The van der Waals surface area contributed by atoms with E-state index in [1.54, 1.807) is 0 Å². The Bertz CT molecular complexity index is 745. The van der Waals surface area contributed by atoms with Crippen molar-refractivity contribution in [2.24, 2.45) is 40.2 Å². The molecular weight excluding hydrogens is 360 g/mol. The Labute approximate surface area is 175 Å². The van der Waals surface area contributed by atoms with E-state index in [0.29, 0.717) is 34.9 Å². The third-order valence-corrected chi connectivity index (χ3v) is 9.81. The average Bonchev–Trinajstić information content (AvgIpc) is 3.24. The maximum atomic E-state index is 12.7. The Kier molecular flexibility index (Phi) is 4.75. The molecule has 5 rings (SSSR count). The molecule has 4 saturated carbocycles. The van der Waals surface area contributed by atoms with Crippen molar-refractivity contribution in [2.75, 3.05) is 0 Å². The largest absolute Gasteiger partial charge is 0.325 e. The number of Topliss-reactive ketones (excluding diaryl/α,β-unsaturated/α-hetero) is 1. The predicted octanol–water partition coefficient (Wildman–Crippen LogP) is 4.66. The molecule has 0 bridgehead atoms. The molecule has 8 atom stereocenters. The zero-order valence-corrected chi connectivity index (χ0v) is 18.2. The molecule has 3 N–H and O–H groups in total. The van der Waals surface area contributed by atoms with Gasteiger partial charge in [-0.3, -0.25) is 15.1 Å². The highest BCUT2D eigenvalue weighted by atomic mass is 16.7. The van der Waals surface area contributed by atoms with E-state index in [0.717, 1.165) is 44.9 Å². The van der Waals surface area contributed by atoms with Crippen LogP contribution in [-0.2, 0) is 9.63 Å². The van der Waals surface area contributed by atoms with Gasteiger partial charge in [0.05, 0.1) is 0 Å². The van der Waals surface area contributed by atoms with Gasteiger partial charge in [-0.25, -0.2) is 0 Å². The van der Waals surface area contributed by atoms with Crippen LogP contribution in [0.15, 0.2) is 23.9 Å². The van der Waals surface area contributed by atoms with Gasteiger partial charge in [0.1, 0.15) is 11.9 Å². The second-order valence-electron chi connectivity index (χ2n) is 11.2. The summed E-state index contributed by atoms with van der Waals surface area (Å²) in [6.07, 6.45) is 13.3. The SMILES string of the molecule is C=C1CC2C=C(NOC3CCCC3N)CC[C@]2(C)[C@H]2CC[C@]3(C)C(=O)CC[C@H]3[C@H]12. The van der Waals surface area contributed by atoms with Crippen LogP contribution in [0.1, 0.15) is 78.1 Å². The van der Waals surface area contributed by atoms with E-state index in [2.05, 4.69) is 32.0 Å². The highest BCUT2D eigenvalue weighted by Crippen LogP contribution is 2.66. The van der Waals surface area contributed by atoms with Gasteiger partial charge in [0.2, 0.25) is 0 Å². The second-order valence-corrected chi connectivity index (χ2v) is 11.2. The van der Waals surface area contributed by atoms with Gasteiger partial charge >= 0.3 is 0 Å². The first-order valence-corrected chi connectivity index (χ1v) is 11.9. The molecule has 0 aromatic carbocycles. The smallest absolute Gasteiger partial charge is 0.139 e. The van der Waals surface area contributed by atoms with E-state index < -0.39 is 0 Å². The van der Waals surface area contributed by atoms with Crippen LogP contribution in [-0.4, -0.2) is 17.9 Å². The molecule has 0 amide bonds. The fourth-order valence-corrected chi connectivity index (χ4v) is 7.84. The second kappa shape index (κ2) is 6.95. The molecule has 0 aliphatic heterocycles. The lowest BCUT2D eigenvalue weighted by atomic mass is 9.45. The number of nitrogens with one attached hydrogen (secondary N) is 1. The third kappa shape index (κ3) is 2.96. The first-order valence-electron chi connectivity index (χ1n) is 11.9. The van der Waals surface area contributed by atoms with Crippen molar-refractivity contribution in [3.05, 3.63) is 23.9 Å². The summed E-state index contributed by atoms with van der Waals surface area (Å²) in [6, 6.07) is 0.165. The molecular formula is C25H38N2O2. The van der Waals surface area contributed by atoms with Crippen molar-refractivity contribution < 1.29 is 9.63 Å². The zero-order valence-electron chi connectivity index (χ0n) is 18.2. The minimum Gasteiger partial charge on any atom is -0.325 e. The molecule has 4 nitrogen and oxygen atoms in total. The third-order valence-electron chi connectivity index (χ3n) is 9.81. The minimum absolute atomic E-state index is 0.0849. The Morgan fingerprint density at radius 2 is 1.97 bits per heavy atom. The number of hydroxylamine groups is 1. The molecule has 0 aromatic heterocycles. The molecule has 0 saturated heterocycles. The fourth-order valence-electron chi connectivity index (χ4n) is 7.84. The van der Waals surface area contributed by atoms with E-state index in [-0.39, 0.29) is 17.6 Å². The van der Waals surface area contributed by atoms with Crippen molar-refractivity contribution in [3.8, 4) is 0 Å². The normalized spacial score (nSPS) is 49.3. The van der Waals surface area contributed by atoms with Gasteiger partial charge in [0, 0.05) is 23.6 Å². The van der Waals surface area contributed by atoms with E-state index in [1.165, 1.54) is 30.5 Å². The number of hydrogen-bond acceptors (Lipinski definition) is 4. The van der Waals surface area contributed by atoms with E-state index >= 15 is 0 Å². The van der Waals surface area contributed by atoms with Crippen LogP contribution in [0.2, 0.25) is 0 Å². The number of carbonyl (C=O) groups excluding carboxylic acids is 1. The lowest BCUT2D eigenvalue weighted by Crippen LogP contribution is -2.53. The zero-order chi connectivity index (χ0) is 20.4. The predicted molar refractivity (Wildman–Crippen MR) is 115 cm³/mol. The molecule has 4 heteroatoms. The Hall–Kier alpha value is -1.13. The van der Waals surface area contributed by atoms with Gasteiger partial charge in [-0.2, -0.15) is 0 Å². The first kappa shape index (κ1) is 19.8. The number of rotatable bonds is 3. The summed E-state index contributed by atoms with van der Waals surface area (Å²) < 4.78 is 0. The number of ketones is 1. The van der Waals surface area contributed by atoms with Crippen LogP contribution in [0, 0.1) is 34.5 Å². The number of allylic oxidation sites excluding steroid dienone is 3. The average molecular weight is 399 g/mol. The topological polar surface area (TPSA) is 64.3 Å². The van der Waals surface area contributed by atoms with Crippen LogP contribution >= 0.6 is 0 Å².